The largest absolute Gasteiger partial charge is 0.495 e. The third-order valence-corrected chi connectivity index (χ3v) is 3.76. The Labute approximate surface area is 163 Å². The van der Waals surface area contributed by atoms with Crippen LogP contribution >= 0.6 is 0 Å². The molecule has 2 rings (SSSR count). The number of nitrogens with one attached hydrogen (secondary N) is 3. The zero-order chi connectivity index (χ0) is 20.5. The number of anilines is 2. The first kappa shape index (κ1) is 20.8. The fourth-order valence-electron chi connectivity index (χ4n) is 2.26. The summed E-state index contributed by atoms with van der Waals surface area (Å²) in [7, 11) is 1.49. The van der Waals surface area contributed by atoms with Crippen molar-refractivity contribution in [3.05, 3.63) is 54.6 Å². The maximum absolute atomic E-state index is 12.3. The molecule has 28 heavy (non-hydrogen) atoms. The van der Waals surface area contributed by atoms with Crippen molar-refractivity contribution in [3.63, 3.8) is 0 Å². The second kappa shape index (κ2) is 9.96. The number of methoxy groups -OCH3 is 1. The predicted molar refractivity (Wildman–Crippen MR) is 105 cm³/mol. The fourth-order valence-corrected chi connectivity index (χ4v) is 2.26. The summed E-state index contributed by atoms with van der Waals surface area (Å²) in [5.74, 6) is -0.758. The number of amides is 3. The summed E-state index contributed by atoms with van der Waals surface area (Å²) in [5.41, 5.74) is 1.05. The van der Waals surface area contributed by atoms with Crippen LogP contribution in [-0.4, -0.2) is 37.2 Å². The number of rotatable bonds is 7. The molecular formula is C20H23N3O5. The summed E-state index contributed by atoms with van der Waals surface area (Å²) >= 11 is 0. The maximum atomic E-state index is 12.3. The summed E-state index contributed by atoms with van der Waals surface area (Å²) in [4.78, 5) is 36.3. The van der Waals surface area contributed by atoms with Crippen LogP contribution in [0.4, 0.5) is 16.2 Å². The van der Waals surface area contributed by atoms with Crippen molar-refractivity contribution in [1.82, 2.24) is 5.32 Å². The van der Waals surface area contributed by atoms with Gasteiger partial charge >= 0.3 is 12.0 Å². The Morgan fingerprint density at radius 1 is 0.893 bits per heavy atom. The van der Waals surface area contributed by atoms with Crippen LogP contribution in [0.15, 0.2) is 54.6 Å². The van der Waals surface area contributed by atoms with Crippen LogP contribution in [0.25, 0.3) is 0 Å². The molecule has 0 aliphatic carbocycles. The molecule has 8 nitrogen and oxygen atoms in total. The highest BCUT2D eigenvalue weighted by molar-refractivity contribution is 5.97. The van der Waals surface area contributed by atoms with E-state index in [2.05, 4.69) is 16.0 Å². The smallest absolute Gasteiger partial charge is 0.329 e. The van der Waals surface area contributed by atoms with Crippen LogP contribution in [0.3, 0.4) is 0 Å². The molecule has 2 atom stereocenters. The van der Waals surface area contributed by atoms with Crippen molar-refractivity contribution < 1.29 is 23.9 Å². The van der Waals surface area contributed by atoms with Crippen molar-refractivity contribution in [1.29, 1.82) is 0 Å². The Balaban J connectivity index is 1.84. The molecule has 0 bridgehead atoms. The molecule has 0 aliphatic rings. The molecule has 0 spiro atoms. The van der Waals surface area contributed by atoms with Crippen molar-refractivity contribution in [2.75, 3.05) is 17.7 Å². The van der Waals surface area contributed by atoms with Gasteiger partial charge in [0.1, 0.15) is 11.8 Å². The topological polar surface area (TPSA) is 106 Å². The second-order valence-corrected chi connectivity index (χ2v) is 5.95. The van der Waals surface area contributed by atoms with Crippen molar-refractivity contribution in [2.24, 2.45) is 0 Å². The Morgan fingerprint density at radius 3 is 2.21 bits per heavy atom. The zero-order valence-electron chi connectivity index (χ0n) is 15.9. The van der Waals surface area contributed by atoms with Crippen LogP contribution in [0.2, 0.25) is 0 Å². The van der Waals surface area contributed by atoms with Crippen LogP contribution < -0.4 is 20.7 Å². The highest BCUT2D eigenvalue weighted by atomic mass is 16.5. The molecule has 0 saturated carbocycles. The minimum absolute atomic E-state index is 0.464. The molecule has 0 heterocycles. The van der Waals surface area contributed by atoms with Gasteiger partial charge in [0.15, 0.2) is 6.10 Å². The van der Waals surface area contributed by atoms with Crippen LogP contribution in [0.1, 0.15) is 13.8 Å². The molecule has 2 aromatic rings. The van der Waals surface area contributed by atoms with E-state index in [1.165, 1.54) is 21.0 Å². The highest BCUT2D eigenvalue weighted by Gasteiger charge is 2.23. The summed E-state index contributed by atoms with van der Waals surface area (Å²) in [6.45, 7) is 2.91. The van der Waals surface area contributed by atoms with Gasteiger partial charge in [-0.25, -0.2) is 9.59 Å². The molecular weight excluding hydrogens is 362 g/mol. The number of carbonyl (C=O) groups excluding carboxylic acids is 3. The van der Waals surface area contributed by atoms with Gasteiger partial charge in [-0.2, -0.15) is 0 Å². The lowest BCUT2D eigenvalue weighted by molar-refractivity contribution is -0.154. The van der Waals surface area contributed by atoms with E-state index in [0.29, 0.717) is 17.1 Å². The van der Waals surface area contributed by atoms with E-state index in [1.54, 1.807) is 48.5 Å². The summed E-state index contributed by atoms with van der Waals surface area (Å²) in [6.07, 6.45) is -1.06. The van der Waals surface area contributed by atoms with Crippen molar-refractivity contribution >= 4 is 29.3 Å². The van der Waals surface area contributed by atoms with Crippen LogP contribution in [-0.2, 0) is 14.3 Å². The summed E-state index contributed by atoms with van der Waals surface area (Å²) in [6, 6.07) is 14.2. The third-order valence-electron chi connectivity index (χ3n) is 3.76. The Kier molecular flexibility index (Phi) is 7.38. The molecule has 0 unspecified atom stereocenters. The SMILES string of the molecule is COc1ccccc1NC(=O)[C@@H](C)OC(=O)[C@H](C)NC(=O)Nc1ccccc1. The van der Waals surface area contributed by atoms with Crippen LogP contribution in [0.5, 0.6) is 5.75 Å². The highest BCUT2D eigenvalue weighted by Crippen LogP contribution is 2.23. The lowest BCUT2D eigenvalue weighted by Crippen LogP contribution is -2.44. The van der Waals surface area contributed by atoms with Gasteiger partial charge in [-0.05, 0) is 38.1 Å². The second-order valence-electron chi connectivity index (χ2n) is 5.95. The number of para-hydroxylation sites is 3. The molecule has 0 radical (unpaired) electrons. The number of benzene rings is 2. The van der Waals surface area contributed by atoms with Gasteiger partial charge in [0.2, 0.25) is 0 Å². The van der Waals surface area contributed by atoms with E-state index in [9.17, 15) is 14.4 Å². The van der Waals surface area contributed by atoms with Crippen molar-refractivity contribution in [3.8, 4) is 5.75 Å². The van der Waals surface area contributed by atoms with E-state index in [-0.39, 0.29) is 0 Å². The van der Waals surface area contributed by atoms with E-state index in [1.807, 2.05) is 6.07 Å². The first-order valence-electron chi connectivity index (χ1n) is 8.67. The zero-order valence-corrected chi connectivity index (χ0v) is 15.9. The van der Waals surface area contributed by atoms with Crippen LogP contribution in [0, 0.1) is 0 Å². The predicted octanol–water partition coefficient (Wildman–Crippen LogP) is 2.78. The average Bonchev–Trinajstić information content (AvgIpc) is 2.68. The molecule has 0 saturated heterocycles. The normalized spacial score (nSPS) is 12.2. The van der Waals surface area contributed by atoms with Gasteiger partial charge in [-0.1, -0.05) is 30.3 Å². The number of ether oxygens (including phenoxy) is 2. The molecule has 8 heteroatoms. The van der Waals surface area contributed by atoms with Crippen molar-refractivity contribution in [2.45, 2.75) is 26.0 Å². The first-order valence-corrected chi connectivity index (χ1v) is 8.67. The Morgan fingerprint density at radius 2 is 1.54 bits per heavy atom. The Hall–Kier alpha value is -3.55. The van der Waals surface area contributed by atoms with Gasteiger partial charge in [0.05, 0.1) is 12.8 Å². The van der Waals surface area contributed by atoms with E-state index >= 15 is 0 Å². The van der Waals surface area contributed by atoms with E-state index in [4.69, 9.17) is 9.47 Å². The molecule has 0 fully saturated rings. The molecule has 2 aromatic carbocycles. The molecule has 0 aliphatic heterocycles. The molecule has 148 valence electrons. The number of esters is 1. The van der Waals surface area contributed by atoms with Gasteiger partial charge in [-0.15, -0.1) is 0 Å². The lowest BCUT2D eigenvalue weighted by Gasteiger charge is -2.18. The Bertz CT molecular complexity index is 826. The molecule has 0 aromatic heterocycles. The van der Waals surface area contributed by atoms with Gasteiger partial charge in [0.25, 0.3) is 5.91 Å². The third kappa shape index (κ3) is 6.01. The number of hydrogen-bond acceptors (Lipinski definition) is 5. The average molecular weight is 385 g/mol. The van der Waals surface area contributed by atoms with E-state index < -0.39 is 30.1 Å². The lowest BCUT2D eigenvalue weighted by atomic mass is 10.2. The fraction of sp³-hybridized carbons (Fsp3) is 0.250. The number of carbonyl (C=O) groups is 3. The standard InChI is InChI=1S/C20H23N3O5/c1-13(21-20(26)22-15-9-5-4-6-10-15)19(25)28-14(2)18(24)23-16-11-7-8-12-17(16)27-3/h4-14H,1-3H3,(H,23,24)(H2,21,22,26)/t13-,14+/m0/s1. The summed E-state index contributed by atoms with van der Waals surface area (Å²) < 4.78 is 10.3. The van der Waals surface area contributed by atoms with Gasteiger partial charge < -0.3 is 25.4 Å². The quantitative estimate of drug-likeness (QED) is 0.636. The molecule has 3 N–H and O–H groups in total. The first-order chi connectivity index (χ1) is 13.4. The minimum Gasteiger partial charge on any atom is -0.495 e. The summed E-state index contributed by atoms with van der Waals surface area (Å²) in [5, 5.41) is 7.70. The monoisotopic (exact) mass is 385 g/mol. The number of hydrogen-bond donors (Lipinski definition) is 3. The van der Waals surface area contributed by atoms with E-state index in [0.717, 1.165) is 0 Å². The van der Waals surface area contributed by atoms with Gasteiger partial charge in [-0.3, -0.25) is 4.79 Å². The van der Waals surface area contributed by atoms with Gasteiger partial charge in [0, 0.05) is 5.69 Å². The number of urea groups is 1. The molecule has 3 amide bonds. The maximum Gasteiger partial charge on any atom is 0.329 e. The minimum atomic E-state index is -1.06.